The zero-order valence-corrected chi connectivity index (χ0v) is 16.5. The third-order valence-corrected chi connectivity index (χ3v) is 4.92. The summed E-state index contributed by atoms with van der Waals surface area (Å²) in [4.78, 5) is 25.7. The van der Waals surface area contributed by atoms with Crippen molar-refractivity contribution in [3.63, 3.8) is 0 Å². The first-order valence-corrected chi connectivity index (χ1v) is 9.26. The van der Waals surface area contributed by atoms with E-state index in [1.54, 1.807) is 18.2 Å². The van der Waals surface area contributed by atoms with Crippen molar-refractivity contribution in [1.82, 2.24) is 4.90 Å². The Morgan fingerprint density at radius 1 is 1.23 bits per heavy atom. The predicted molar refractivity (Wildman–Crippen MR) is 103 cm³/mol. The molecule has 1 atom stereocenters. The molecule has 0 aromatic heterocycles. The van der Waals surface area contributed by atoms with Crippen LogP contribution in [0.2, 0.25) is 5.02 Å². The van der Waals surface area contributed by atoms with E-state index in [0.717, 1.165) is 5.56 Å². The first kappa shape index (κ1) is 20.3. The zero-order valence-electron chi connectivity index (χ0n) is 14.2. The number of nitrogens with zero attached hydrogens (tertiary/aromatic N) is 1. The normalized spacial score (nSPS) is 11.7. The maximum Gasteiger partial charge on any atom is 0.411 e. The Kier molecular flexibility index (Phi) is 7.48. The molecule has 0 saturated carbocycles. The van der Waals surface area contributed by atoms with Gasteiger partial charge in [-0.3, -0.25) is 4.90 Å². The van der Waals surface area contributed by atoms with Gasteiger partial charge in [-0.05, 0) is 45.6 Å². The maximum atomic E-state index is 12.6. The van der Waals surface area contributed by atoms with Gasteiger partial charge in [0.05, 0.1) is 5.02 Å². The molecule has 7 heteroatoms. The second-order valence-corrected chi connectivity index (χ2v) is 6.91. The maximum absolute atomic E-state index is 12.6. The summed E-state index contributed by atoms with van der Waals surface area (Å²) in [5.41, 5.74) is 1.28. The highest BCUT2D eigenvalue weighted by Crippen LogP contribution is 2.29. The number of hydrogen-bond acceptors (Lipinski definition) is 3. The number of halogens is 2. The fourth-order valence-corrected chi connectivity index (χ4v) is 3.02. The van der Waals surface area contributed by atoms with Crippen molar-refractivity contribution in [2.75, 3.05) is 6.54 Å². The molecular weight excluding hydrogens is 422 g/mol. The number of carbonyl (C=O) groups excluding carboxylic acids is 1. The number of hydrogen-bond donors (Lipinski definition) is 1. The summed E-state index contributed by atoms with van der Waals surface area (Å²) < 4.78 is 5.90. The van der Waals surface area contributed by atoms with Crippen molar-refractivity contribution >= 4 is 39.6 Å². The van der Waals surface area contributed by atoms with Crippen molar-refractivity contribution in [1.29, 1.82) is 0 Å². The molecule has 0 saturated heterocycles. The van der Waals surface area contributed by atoms with E-state index in [0.29, 0.717) is 21.5 Å². The topological polar surface area (TPSA) is 66.8 Å². The van der Waals surface area contributed by atoms with Gasteiger partial charge in [-0.2, -0.15) is 0 Å². The molecule has 2 aromatic carbocycles. The quantitative estimate of drug-likeness (QED) is 0.636. The van der Waals surface area contributed by atoms with Crippen LogP contribution in [0.15, 0.2) is 53.0 Å². The van der Waals surface area contributed by atoms with Crippen LogP contribution >= 0.6 is 27.5 Å². The van der Waals surface area contributed by atoms with Crippen molar-refractivity contribution in [3.8, 4) is 0 Å². The molecule has 1 amide bonds. The highest BCUT2D eigenvalue weighted by molar-refractivity contribution is 9.10. The van der Waals surface area contributed by atoms with Gasteiger partial charge in [0.15, 0.2) is 6.04 Å². The highest BCUT2D eigenvalue weighted by Gasteiger charge is 2.32. The molecule has 138 valence electrons. The second kappa shape index (κ2) is 9.59. The molecule has 5 nitrogen and oxygen atoms in total. The summed E-state index contributed by atoms with van der Waals surface area (Å²) in [5.74, 6) is -1.13. The Bertz CT molecular complexity index is 769. The van der Waals surface area contributed by atoms with E-state index >= 15 is 0 Å². The summed E-state index contributed by atoms with van der Waals surface area (Å²) >= 11 is 9.28. The number of amides is 1. The molecule has 0 spiro atoms. The van der Waals surface area contributed by atoms with Crippen molar-refractivity contribution < 1.29 is 19.4 Å². The lowest BCUT2D eigenvalue weighted by molar-refractivity contribution is -0.143. The lowest BCUT2D eigenvalue weighted by Gasteiger charge is -2.28. The van der Waals surface area contributed by atoms with E-state index in [-0.39, 0.29) is 13.2 Å². The Hall–Kier alpha value is -2.05. The Morgan fingerprint density at radius 2 is 1.92 bits per heavy atom. The van der Waals surface area contributed by atoms with E-state index in [2.05, 4.69) is 15.9 Å². The minimum absolute atomic E-state index is 0.0799. The molecule has 1 unspecified atom stereocenters. The molecule has 2 rings (SSSR count). The van der Waals surface area contributed by atoms with Crippen molar-refractivity contribution in [2.45, 2.75) is 26.0 Å². The molecule has 0 aliphatic heterocycles. The van der Waals surface area contributed by atoms with Gasteiger partial charge in [-0.15, -0.1) is 0 Å². The highest BCUT2D eigenvalue weighted by atomic mass is 79.9. The van der Waals surface area contributed by atoms with E-state index in [1.165, 1.54) is 4.90 Å². The Labute approximate surface area is 165 Å². The van der Waals surface area contributed by atoms with Crippen LogP contribution in [0.4, 0.5) is 4.79 Å². The van der Waals surface area contributed by atoms with Crippen LogP contribution in [0.3, 0.4) is 0 Å². The smallest absolute Gasteiger partial charge is 0.411 e. The number of aliphatic carboxylic acids is 1. The van der Waals surface area contributed by atoms with Crippen molar-refractivity contribution in [2.24, 2.45) is 0 Å². The molecule has 26 heavy (non-hydrogen) atoms. The third kappa shape index (κ3) is 5.22. The summed E-state index contributed by atoms with van der Waals surface area (Å²) in [7, 11) is 0. The number of ether oxygens (including phenoxy) is 1. The molecule has 0 fully saturated rings. The standard InChI is InChI=1S/C19H19BrClNO4/c1-2-10-22(19(25)26-12-13-6-4-3-5-7-13)17(18(23)24)14-8-9-16(21)15(20)11-14/h3-9,11,17H,2,10,12H2,1H3,(H,23,24). The van der Waals surface area contributed by atoms with Crippen LogP contribution in [-0.2, 0) is 16.1 Å². The third-order valence-electron chi connectivity index (χ3n) is 3.71. The van der Waals surface area contributed by atoms with E-state index in [1.807, 2.05) is 37.3 Å². The van der Waals surface area contributed by atoms with Gasteiger partial charge in [0.1, 0.15) is 6.61 Å². The average molecular weight is 441 g/mol. The lowest BCUT2D eigenvalue weighted by atomic mass is 10.1. The van der Waals surface area contributed by atoms with Gasteiger partial charge < -0.3 is 9.84 Å². The number of rotatable bonds is 7. The van der Waals surface area contributed by atoms with Crippen LogP contribution in [-0.4, -0.2) is 28.6 Å². The summed E-state index contributed by atoms with van der Waals surface area (Å²) in [6, 6.07) is 12.9. The summed E-state index contributed by atoms with van der Waals surface area (Å²) in [6.45, 7) is 2.20. The van der Waals surface area contributed by atoms with Crippen LogP contribution in [0, 0.1) is 0 Å². The lowest BCUT2D eigenvalue weighted by Crippen LogP contribution is -2.39. The van der Waals surface area contributed by atoms with Gasteiger partial charge in [0, 0.05) is 11.0 Å². The van der Waals surface area contributed by atoms with E-state index in [4.69, 9.17) is 16.3 Å². The van der Waals surface area contributed by atoms with Gasteiger partial charge >= 0.3 is 12.1 Å². The van der Waals surface area contributed by atoms with Crippen LogP contribution in [0.5, 0.6) is 0 Å². The first-order valence-electron chi connectivity index (χ1n) is 8.09. The van der Waals surface area contributed by atoms with Gasteiger partial charge in [0.2, 0.25) is 0 Å². The number of carbonyl (C=O) groups is 2. The Morgan fingerprint density at radius 3 is 2.50 bits per heavy atom. The van der Waals surface area contributed by atoms with Crippen molar-refractivity contribution in [3.05, 3.63) is 69.2 Å². The number of carboxylic acids is 1. The second-order valence-electron chi connectivity index (χ2n) is 5.65. The Balaban J connectivity index is 2.23. The fourth-order valence-electron chi connectivity index (χ4n) is 2.51. The summed E-state index contributed by atoms with van der Waals surface area (Å²) in [6.07, 6.45) is -0.0759. The van der Waals surface area contributed by atoms with Crippen LogP contribution in [0.25, 0.3) is 0 Å². The van der Waals surface area contributed by atoms with Gasteiger partial charge in [0.25, 0.3) is 0 Å². The minimum Gasteiger partial charge on any atom is -0.479 e. The zero-order chi connectivity index (χ0) is 19.1. The minimum atomic E-state index is -1.16. The summed E-state index contributed by atoms with van der Waals surface area (Å²) in [5, 5.41) is 10.2. The SMILES string of the molecule is CCCN(C(=O)OCc1ccccc1)C(C(=O)O)c1ccc(Cl)c(Br)c1. The van der Waals surface area contributed by atoms with E-state index in [9.17, 15) is 14.7 Å². The number of carboxylic acid groups (broad SMARTS) is 1. The molecule has 0 aliphatic carbocycles. The molecule has 0 radical (unpaired) electrons. The monoisotopic (exact) mass is 439 g/mol. The van der Waals surface area contributed by atoms with Crippen LogP contribution in [0.1, 0.15) is 30.5 Å². The van der Waals surface area contributed by atoms with Gasteiger partial charge in [-0.1, -0.05) is 54.9 Å². The molecule has 0 heterocycles. The first-order chi connectivity index (χ1) is 12.4. The van der Waals surface area contributed by atoms with E-state index < -0.39 is 18.1 Å². The molecule has 2 aromatic rings. The molecule has 0 bridgehead atoms. The predicted octanol–water partition coefficient (Wildman–Crippen LogP) is 5.28. The molecule has 1 N–H and O–H groups in total. The fraction of sp³-hybridized carbons (Fsp3) is 0.263. The number of benzene rings is 2. The molecular formula is C19H19BrClNO4. The van der Waals surface area contributed by atoms with Gasteiger partial charge in [-0.25, -0.2) is 9.59 Å². The average Bonchev–Trinajstić information content (AvgIpc) is 2.63. The largest absolute Gasteiger partial charge is 0.479 e. The molecule has 0 aliphatic rings. The van der Waals surface area contributed by atoms with Crippen LogP contribution < -0.4 is 0 Å².